The second kappa shape index (κ2) is 5.83. The van der Waals surface area contributed by atoms with Crippen molar-refractivity contribution in [1.82, 2.24) is 9.97 Å². The summed E-state index contributed by atoms with van der Waals surface area (Å²) >= 11 is 5.20. The number of hydrogen-bond donors (Lipinski definition) is 2. The number of rotatable bonds is 3. The Kier molecular flexibility index (Phi) is 4.06. The molecule has 0 saturated carbocycles. The Labute approximate surface area is 136 Å². The number of halogens is 1. The summed E-state index contributed by atoms with van der Waals surface area (Å²) in [6.45, 7) is 4.06. The van der Waals surface area contributed by atoms with Crippen molar-refractivity contribution in [3.63, 3.8) is 0 Å². The Hall–Kier alpha value is -1.30. The molecule has 0 fully saturated rings. The Morgan fingerprint density at radius 2 is 2.05 bits per heavy atom. The molecule has 3 nitrogen and oxygen atoms in total. The summed E-state index contributed by atoms with van der Waals surface area (Å²) in [5, 5.41) is 0.899. The first-order chi connectivity index (χ1) is 10.0. The molecule has 0 saturated heterocycles. The maximum atomic E-state index is 5.93. The van der Waals surface area contributed by atoms with Crippen molar-refractivity contribution >= 4 is 38.7 Å². The van der Waals surface area contributed by atoms with Crippen LogP contribution in [-0.2, 0) is 0 Å². The van der Waals surface area contributed by atoms with Crippen LogP contribution in [0.1, 0.15) is 24.1 Å². The fourth-order valence-electron chi connectivity index (χ4n) is 2.20. The molecule has 1 aromatic heterocycles. The van der Waals surface area contributed by atoms with Gasteiger partial charge in [-0.05, 0) is 49.2 Å². The van der Waals surface area contributed by atoms with Gasteiger partial charge in [0, 0.05) is 15.4 Å². The number of aromatic nitrogens is 2. The maximum Gasteiger partial charge on any atom is 0.171 e. The SMILES string of the molecule is Cc1ccc2nc(Sc3ccc([C@@H](C)N)c(Br)c3)[nH]c2c1. The van der Waals surface area contributed by atoms with Crippen molar-refractivity contribution in [1.29, 1.82) is 0 Å². The minimum Gasteiger partial charge on any atom is -0.333 e. The van der Waals surface area contributed by atoms with E-state index in [-0.39, 0.29) is 6.04 Å². The van der Waals surface area contributed by atoms with Gasteiger partial charge in [0.15, 0.2) is 5.16 Å². The summed E-state index contributed by atoms with van der Waals surface area (Å²) in [4.78, 5) is 9.08. The molecule has 1 heterocycles. The number of benzene rings is 2. The summed E-state index contributed by atoms with van der Waals surface area (Å²) in [5.41, 5.74) is 10.3. The highest BCUT2D eigenvalue weighted by atomic mass is 79.9. The molecule has 2 aromatic carbocycles. The summed E-state index contributed by atoms with van der Waals surface area (Å²) in [6.07, 6.45) is 0. The van der Waals surface area contributed by atoms with Crippen molar-refractivity contribution in [2.24, 2.45) is 5.73 Å². The average Bonchev–Trinajstić information content (AvgIpc) is 2.79. The minimum atomic E-state index is 0.0209. The van der Waals surface area contributed by atoms with E-state index in [1.54, 1.807) is 11.8 Å². The third-order valence-corrected chi connectivity index (χ3v) is 4.86. The predicted molar refractivity (Wildman–Crippen MR) is 91.7 cm³/mol. The second-order valence-corrected chi connectivity index (χ2v) is 7.05. The van der Waals surface area contributed by atoms with Crippen LogP contribution in [-0.4, -0.2) is 9.97 Å². The molecule has 0 aliphatic rings. The van der Waals surface area contributed by atoms with Gasteiger partial charge >= 0.3 is 0 Å². The van der Waals surface area contributed by atoms with E-state index in [1.165, 1.54) is 5.56 Å². The van der Waals surface area contributed by atoms with Gasteiger partial charge in [0.1, 0.15) is 0 Å². The maximum absolute atomic E-state index is 5.93. The molecule has 1 atom stereocenters. The van der Waals surface area contributed by atoms with Gasteiger partial charge in [-0.25, -0.2) is 4.98 Å². The van der Waals surface area contributed by atoms with Crippen molar-refractivity contribution in [3.05, 3.63) is 52.0 Å². The van der Waals surface area contributed by atoms with Gasteiger partial charge in [-0.15, -0.1) is 0 Å². The van der Waals surface area contributed by atoms with E-state index < -0.39 is 0 Å². The summed E-state index contributed by atoms with van der Waals surface area (Å²) < 4.78 is 1.04. The molecule has 0 aliphatic heterocycles. The highest BCUT2D eigenvalue weighted by Crippen LogP contribution is 2.32. The lowest BCUT2D eigenvalue weighted by molar-refractivity contribution is 0.811. The van der Waals surface area contributed by atoms with Crippen LogP contribution in [0.3, 0.4) is 0 Å². The van der Waals surface area contributed by atoms with Crippen LogP contribution >= 0.6 is 27.7 Å². The van der Waals surface area contributed by atoms with Crippen LogP contribution in [0.4, 0.5) is 0 Å². The van der Waals surface area contributed by atoms with Crippen molar-refractivity contribution in [3.8, 4) is 0 Å². The Balaban J connectivity index is 1.89. The van der Waals surface area contributed by atoms with Gasteiger partial charge in [0.05, 0.1) is 11.0 Å². The molecular formula is C16H16BrN3S. The van der Waals surface area contributed by atoms with Gasteiger partial charge in [0.2, 0.25) is 0 Å². The molecule has 108 valence electrons. The molecule has 0 spiro atoms. The highest BCUT2D eigenvalue weighted by Gasteiger charge is 2.09. The number of H-pyrrole nitrogens is 1. The molecule has 3 aromatic rings. The lowest BCUT2D eigenvalue weighted by atomic mass is 10.1. The molecule has 0 aliphatic carbocycles. The molecule has 21 heavy (non-hydrogen) atoms. The Morgan fingerprint density at radius 1 is 1.24 bits per heavy atom. The zero-order valence-corrected chi connectivity index (χ0v) is 14.3. The van der Waals surface area contributed by atoms with E-state index in [0.29, 0.717) is 0 Å². The van der Waals surface area contributed by atoms with E-state index >= 15 is 0 Å². The molecule has 0 radical (unpaired) electrons. The smallest absolute Gasteiger partial charge is 0.171 e. The monoisotopic (exact) mass is 361 g/mol. The lowest BCUT2D eigenvalue weighted by Gasteiger charge is -2.09. The zero-order chi connectivity index (χ0) is 15.0. The fraction of sp³-hybridized carbons (Fsp3) is 0.188. The molecular weight excluding hydrogens is 346 g/mol. The largest absolute Gasteiger partial charge is 0.333 e. The van der Waals surface area contributed by atoms with Crippen LogP contribution in [0.5, 0.6) is 0 Å². The summed E-state index contributed by atoms with van der Waals surface area (Å²) in [6, 6.07) is 12.5. The molecule has 0 amide bonds. The van der Waals surface area contributed by atoms with Gasteiger partial charge in [0.25, 0.3) is 0 Å². The van der Waals surface area contributed by atoms with E-state index in [2.05, 4.69) is 63.2 Å². The van der Waals surface area contributed by atoms with Crippen LogP contribution < -0.4 is 5.73 Å². The molecule has 3 rings (SSSR count). The number of nitrogens with one attached hydrogen (secondary N) is 1. The number of nitrogens with two attached hydrogens (primary N) is 1. The third-order valence-electron chi connectivity index (χ3n) is 3.29. The van der Waals surface area contributed by atoms with Crippen LogP contribution in [0, 0.1) is 6.92 Å². The first-order valence-electron chi connectivity index (χ1n) is 6.72. The van der Waals surface area contributed by atoms with E-state index in [0.717, 1.165) is 31.1 Å². The van der Waals surface area contributed by atoms with E-state index in [1.807, 2.05) is 13.0 Å². The predicted octanol–water partition coefficient (Wildman–Crippen LogP) is 4.80. The third kappa shape index (κ3) is 3.15. The topological polar surface area (TPSA) is 54.7 Å². The van der Waals surface area contributed by atoms with Crippen LogP contribution in [0.2, 0.25) is 0 Å². The van der Waals surface area contributed by atoms with E-state index in [9.17, 15) is 0 Å². The first-order valence-corrected chi connectivity index (χ1v) is 8.33. The lowest BCUT2D eigenvalue weighted by Crippen LogP contribution is -2.05. The van der Waals surface area contributed by atoms with Crippen molar-refractivity contribution in [2.45, 2.75) is 29.9 Å². The van der Waals surface area contributed by atoms with Crippen molar-refractivity contribution < 1.29 is 0 Å². The Bertz CT molecular complexity index is 795. The first kappa shape index (κ1) is 14.6. The normalized spacial score (nSPS) is 12.8. The number of aryl methyl sites for hydroxylation is 1. The molecule has 0 bridgehead atoms. The number of aromatic amines is 1. The van der Waals surface area contributed by atoms with Crippen LogP contribution in [0.25, 0.3) is 11.0 Å². The number of hydrogen-bond acceptors (Lipinski definition) is 3. The van der Waals surface area contributed by atoms with Gasteiger partial charge in [-0.1, -0.05) is 39.8 Å². The van der Waals surface area contributed by atoms with Crippen molar-refractivity contribution in [2.75, 3.05) is 0 Å². The Morgan fingerprint density at radius 3 is 2.76 bits per heavy atom. The minimum absolute atomic E-state index is 0.0209. The number of nitrogens with zero attached hydrogens (tertiary/aromatic N) is 1. The average molecular weight is 362 g/mol. The van der Waals surface area contributed by atoms with Crippen LogP contribution in [0.15, 0.2) is 50.9 Å². The highest BCUT2D eigenvalue weighted by molar-refractivity contribution is 9.10. The van der Waals surface area contributed by atoms with E-state index in [4.69, 9.17) is 5.73 Å². The summed E-state index contributed by atoms with van der Waals surface area (Å²) in [7, 11) is 0. The quantitative estimate of drug-likeness (QED) is 0.703. The summed E-state index contributed by atoms with van der Waals surface area (Å²) in [5.74, 6) is 0. The number of fused-ring (bicyclic) bond motifs is 1. The zero-order valence-electron chi connectivity index (χ0n) is 11.9. The van der Waals surface area contributed by atoms with Gasteiger partial charge < -0.3 is 10.7 Å². The second-order valence-electron chi connectivity index (χ2n) is 5.14. The fourth-order valence-corrected chi connectivity index (χ4v) is 3.93. The number of imidazole rings is 1. The molecule has 5 heteroatoms. The van der Waals surface area contributed by atoms with Gasteiger partial charge in [-0.2, -0.15) is 0 Å². The van der Waals surface area contributed by atoms with Gasteiger partial charge in [-0.3, -0.25) is 0 Å². The molecule has 3 N–H and O–H groups in total. The standard InChI is InChI=1S/C16H16BrN3S/c1-9-3-6-14-15(7-9)20-16(19-14)21-11-4-5-12(10(2)18)13(17)8-11/h3-8,10H,18H2,1-2H3,(H,19,20)/t10-/m1/s1. The molecule has 0 unspecified atom stereocenters.